The number of nitrogens with one attached hydrogen (secondary N) is 2. The Bertz CT molecular complexity index is 854. The molecular weight excluding hydrogens is 331 g/mol. The number of hydrazine groups is 1. The molecule has 0 bridgehead atoms. The Morgan fingerprint density at radius 1 is 1.21 bits per heavy atom. The first kappa shape index (κ1) is 15.9. The van der Waals surface area contributed by atoms with Crippen LogP contribution in [0.4, 0.5) is 10.1 Å². The summed E-state index contributed by atoms with van der Waals surface area (Å²) in [5.74, 6) is -1.10. The van der Waals surface area contributed by atoms with E-state index in [-0.39, 0.29) is 11.8 Å². The molecule has 0 aliphatic rings. The first-order chi connectivity index (χ1) is 11.7. The molecule has 0 aliphatic carbocycles. The molecule has 2 heterocycles. The van der Waals surface area contributed by atoms with E-state index in [4.69, 9.17) is 4.74 Å². The van der Waals surface area contributed by atoms with Crippen molar-refractivity contribution in [3.8, 4) is 16.5 Å². The van der Waals surface area contributed by atoms with E-state index < -0.39 is 5.82 Å². The quantitative estimate of drug-likeness (QED) is 0.696. The number of hydrogen-bond donors (Lipinski definition) is 2. The fourth-order valence-electron chi connectivity index (χ4n) is 1.93. The summed E-state index contributed by atoms with van der Waals surface area (Å²) in [6.45, 7) is 0. The van der Waals surface area contributed by atoms with E-state index in [9.17, 15) is 9.18 Å². The number of amides is 1. The minimum Gasteiger partial charge on any atom is -0.479 e. The molecule has 3 rings (SSSR count). The minimum absolute atomic E-state index is 0.109. The number of rotatable bonds is 5. The third-order valence-corrected chi connectivity index (χ3v) is 4.12. The number of benzene rings is 1. The highest BCUT2D eigenvalue weighted by Gasteiger charge is 2.12. The van der Waals surface area contributed by atoms with Gasteiger partial charge in [0.2, 0.25) is 5.88 Å². The van der Waals surface area contributed by atoms with Gasteiger partial charge in [-0.15, -0.1) is 11.3 Å². The molecule has 0 unspecified atom stereocenters. The van der Waals surface area contributed by atoms with E-state index in [1.165, 1.54) is 36.9 Å². The zero-order chi connectivity index (χ0) is 16.9. The van der Waals surface area contributed by atoms with Crippen LogP contribution in [-0.4, -0.2) is 23.0 Å². The number of thiazole rings is 1. The summed E-state index contributed by atoms with van der Waals surface area (Å²) in [4.78, 5) is 20.6. The third-order valence-electron chi connectivity index (χ3n) is 3.07. The molecule has 6 nitrogen and oxygen atoms in total. The Balaban J connectivity index is 1.65. The summed E-state index contributed by atoms with van der Waals surface area (Å²) >= 11 is 1.27. The van der Waals surface area contributed by atoms with E-state index >= 15 is 0 Å². The largest absolute Gasteiger partial charge is 0.479 e. The average Bonchev–Trinajstić information content (AvgIpc) is 3.11. The Hall–Kier alpha value is -3.00. The second kappa shape index (κ2) is 7.05. The zero-order valence-electron chi connectivity index (χ0n) is 12.6. The summed E-state index contributed by atoms with van der Waals surface area (Å²) in [6.07, 6.45) is 2.85. The van der Waals surface area contributed by atoms with Gasteiger partial charge < -0.3 is 4.74 Å². The van der Waals surface area contributed by atoms with Crippen molar-refractivity contribution >= 4 is 22.9 Å². The van der Waals surface area contributed by atoms with Crippen LogP contribution in [0.1, 0.15) is 9.67 Å². The maximum atomic E-state index is 13.5. The molecule has 8 heteroatoms. The second-order valence-corrected chi connectivity index (χ2v) is 5.72. The Labute approximate surface area is 141 Å². The molecule has 0 saturated heterocycles. The number of pyridine rings is 1. The summed E-state index contributed by atoms with van der Waals surface area (Å²) in [5.41, 5.74) is 6.33. The first-order valence-electron chi connectivity index (χ1n) is 6.94. The van der Waals surface area contributed by atoms with Gasteiger partial charge >= 0.3 is 0 Å². The fraction of sp³-hybridized carbons (Fsp3) is 0.0625. The highest BCUT2D eigenvalue weighted by atomic mass is 32.1. The van der Waals surface area contributed by atoms with Crippen LogP contribution in [-0.2, 0) is 0 Å². The van der Waals surface area contributed by atoms with Crippen molar-refractivity contribution in [2.24, 2.45) is 0 Å². The molecule has 3 aromatic rings. The second-order valence-electron chi connectivity index (χ2n) is 4.69. The van der Waals surface area contributed by atoms with E-state index in [0.29, 0.717) is 10.6 Å². The fourth-order valence-corrected chi connectivity index (χ4v) is 2.74. The van der Waals surface area contributed by atoms with Crippen LogP contribution in [0.5, 0.6) is 5.88 Å². The number of carbonyl (C=O) groups is 1. The monoisotopic (exact) mass is 344 g/mol. The lowest BCUT2D eigenvalue weighted by atomic mass is 10.2. The molecule has 0 aliphatic heterocycles. The highest BCUT2D eigenvalue weighted by Crippen LogP contribution is 2.24. The van der Waals surface area contributed by atoms with Gasteiger partial charge in [-0.1, -0.05) is 30.3 Å². The van der Waals surface area contributed by atoms with Gasteiger partial charge in [-0.25, -0.2) is 14.4 Å². The molecule has 2 N–H and O–H groups in total. The zero-order valence-corrected chi connectivity index (χ0v) is 13.4. The topological polar surface area (TPSA) is 76.1 Å². The molecule has 0 saturated carbocycles. The van der Waals surface area contributed by atoms with Gasteiger partial charge in [-0.2, -0.15) is 0 Å². The van der Waals surface area contributed by atoms with Crippen LogP contribution >= 0.6 is 11.3 Å². The van der Waals surface area contributed by atoms with Gasteiger partial charge in [0.25, 0.3) is 5.91 Å². The van der Waals surface area contributed by atoms with Crippen LogP contribution in [0.25, 0.3) is 10.6 Å². The van der Waals surface area contributed by atoms with Crippen LogP contribution < -0.4 is 15.6 Å². The summed E-state index contributed by atoms with van der Waals surface area (Å²) in [5, 5.41) is 0.748. The van der Waals surface area contributed by atoms with Gasteiger partial charge in [-0.3, -0.25) is 15.6 Å². The van der Waals surface area contributed by atoms with E-state index in [1.54, 1.807) is 0 Å². The number of methoxy groups -OCH3 is 1. The molecule has 122 valence electrons. The molecule has 2 aromatic heterocycles. The van der Waals surface area contributed by atoms with Crippen LogP contribution in [0.3, 0.4) is 0 Å². The number of nitrogens with zero attached hydrogens (tertiary/aromatic N) is 2. The molecule has 0 radical (unpaired) electrons. The summed E-state index contributed by atoms with van der Waals surface area (Å²) in [6, 6.07) is 10.7. The molecule has 0 atom stereocenters. The lowest BCUT2D eigenvalue weighted by Gasteiger charge is -2.08. The third kappa shape index (κ3) is 3.49. The van der Waals surface area contributed by atoms with Gasteiger partial charge in [0.1, 0.15) is 9.88 Å². The van der Waals surface area contributed by atoms with E-state index in [1.807, 2.05) is 30.3 Å². The number of hydrogen-bond acceptors (Lipinski definition) is 6. The summed E-state index contributed by atoms with van der Waals surface area (Å²) < 4.78 is 18.3. The van der Waals surface area contributed by atoms with Crippen LogP contribution in [0, 0.1) is 5.82 Å². The van der Waals surface area contributed by atoms with Gasteiger partial charge in [0, 0.05) is 11.6 Å². The Morgan fingerprint density at radius 2 is 2.00 bits per heavy atom. The van der Waals surface area contributed by atoms with Crippen LogP contribution in [0.15, 0.2) is 48.8 Å². The Kier molecular flexibility index (Phi) is 4.66. The van der Waals surface area contributed by atoms with Gasteiger partial charge in [0.05, 0.1) is 25.2 Å². The number of halogens is 1. The number of carbonyl (C=O) groups excluding carboxylic acids is 1. The standard InChI is InChI=1S/C16H13FN4O2S/c1-23-15-12(17)7-11(8-18-15)20-21-14(22)13-9-19-16(24-13)10-5-3-2-4-6-10/h2-9,20H,1H3,(H,21,22). The van der Waals surface area contributed by atoms with Gasteiger partial charge in [-0.05, 0) is 0 Å². The molecule has 1 amide bonds. The van der Waals surface area contributed by atoms with Crippen molar-refractivity contribution in [1.29, 1.82) is 0 Å². The number of ether oxygens (including phenoxy) is 1. The highest BCUT2D eigenvalue weighted by molar-refractivity contribution is 7.16. The SMILES string of the molecule is COc1ncc(NNC(=O)c2cnc(-c3ccccc3)s2)cc1F. The number of anilines is 1. The molecule has 24 heavy (non-hydrogen) atoms. The van der Waals surface area contributed by atoms with Gasteiger partial charge in [0.15, 0.2) is 5.82 Å². The van der Waals surface area contributed by atoms with Crippen molar-refractivity contribution in [1.82, 2.24) is 15.4 Å². The maximum absolute atomic E-state index is 13.5. The molecular formula is C16H13FN4O2S. The molecule has 0 spiro atoms. The van der Waals surface area contributed by atoms with Crippen molar-refractivity contribution in [2.75, 3.05) is 12.5 Å². The molecule has 1 aromatic carbocycles. The van der Waals surface area contributed by atoms with E-state index in [2.05, 4.69) is 20.8 Å². The summed E-state index contributed by atoms with van der Waals surface area (Å²) in [7, 11) is 1.33. The van der Waals surface area contributed by atoms with E-state index in [0.717, 1.165) is 10.6 Å². The predicted octanol–water partition coefficient (Wildman–Crippen LogP) is 3.11. The minimum atomic E-state index is -0.624. The van der Waals surface area contributed by atoms with Crippen molar-refractivity contribution in [3.63, 3.8) is 0 Å². The average molecular weight is 344 g/mol. The first-order valence-corrected chi connectivity index (χ1v) is 7.76. The lowest BCUT2D eigenvalue weighted by molar-refractivity contribution is 0.0966. The van der Waals surface area contributed by atoms with Crippen molar-refractivity contribution < 1.29 is 13.9 Å². The Morgan fingerprint density at radius 3 is 2.71 bits per heavy atom. The van der Waals surface area contributed by atoms with Crippen molar-refractivity contribution in [3.05, 3.63) is 59.5 Å². The smallest absolute Gasteiger partial charge is 0.281 e. The van der Waals surface area contributed by atoms with Crippen molar-refractivity contribution in [2.45, 2.75) is 0 Å². The normalized spacial score (nSPS) is 10.2. The maximum Gasteiger partial charge on any atom is 0.281 e. The van der Waals surface area contributed by atoms with Crippen LogP contribution in [0.2, 0.25) is 0 Å². The predicted molar refractivity (Wildman–Crippen MR) is 89.4 cm³/mol. The lowest BCUT2D eigenvalue weighted by Crippen LogP contribution is -2.28. The molecule has 0 fully saturated rings. The number of aromatic nitrogens is 2.